The predicted octanol–water partition coefficient (Wildman–Crippen LogP) is 2.13. The summed E-state index contributed by atoms with van der Waals surface area (Å²) in [5.41, 5.74) is -0.249. The van der Waals surface area contributed by atoms with Crippen molar-refractivity contribution in [2.75, 3.05) is 6.61 Å². The molecule has 1 aromatic carbocycles. The smallest absolute Gasteiger partial charge is 0.322 e. The number of hydrogen-bond acceptors (Lipinski definition) is 2. The van der Waals surface area contributed by atoms with Gasteiger partial charge in [0.25, 0.3) is 0 Å². The SMILES string of the molecule is CCOC(O)C(F)(F)c1ccccc1. The monoisotopic (exact) mass is 202 g/mol. The zero-order valence-corrected chi connectivity index (χ0v) is 7.78. The zero-order chi connectivity index (χ0) is 10.6. The molecule has 78 valence electrons. The van der Waals surface area contributed by atoms with Crippen LogP contribution < -0.4 is 0 Å². The molecule has 0 saturated carbocycles. The average Bonchev–Trinajstić information content (AvgIpc) is 2.19. The molecular formula is C10H12F2O2. The molecule has 0 aliphatic heterocycles. The predicted molar refractivity (Wildman–Crippen MR) is 48.0 cm³/mol. The topological polar surface area (TPSA) is 29.5 Å². The molecule has 0 heterocycles. The summed E-state index contributed by atoms with van der Waals surface area (Å²) in [7, 11) is 0. The highest BCUT2D eigenvalue weighted by atomic mass is 19.3. The van der Waals surface area contributed by atoms with Crippen LogP contribution in [-0.4, -0.2) is 18.0 Å². The van der Waals surface area contributed by atoms with E-state index >= 15 is 0 Å². The molecule has 0 radical (unpaired) electrons. The van der Waals surface area contributed by atoms with Crippen molar-refractivity contribution in [3.63, 3.8) is 0 Å². The van der Waals surface area contributed by atoms with E-state index in [2.05, 4.69) is 4.74 Å². The minimum atomic E-state index is -3.36. The van der Waals surface area contributed by atoms with Crippen LogP contribution >= 0.6 is 0 Å². The van der Waals surface area contributed by atoms with E-state index in [4.69, 9.17) is 5.11 Å². The van der Waals surface area contributed by atoms with Crippen molar-refractivity contribution in [3.8, 4) is 0 Å². The number of aliphatic hydroxyl groups excluding tert-OH is 1. The first-order chi connectivity index (χ1) is 6.59. The Morgan fingerprint density at radius 3 is 2.43 bits per heavy atom. The van der Waals surface area contributed by atoms with Crippen molar-refractivity contribution >= 4 is 0 Å². The van der Waals surface area contributed by atoms with E-state index in [0.29, 0.717) is 0 Å². The molecule has 1 aromatic rings. The third-order valence-corrected chi connectivity index (χ3v) is 1.79. The molecule has 1 N–H and O–H groups in total. The van der Waals surface area contributed by atoms with Gasteiger partial charge in [-0.05, 0) is 6.92 Å². The lowest BCUT2D eigenvalue weighted by Crippen LogP contribution is -2.33. The second-order valence-electron chi connectivity index (χ2n) is 2.80. The Morgan fingerprint density at radius 1 is 1.36 bits per heavy atom. The zero-order valence-electron chi connectivity index (χ0n) is 7.78. The molecule has 0 saturated heterocycles. The molecule has 0 spiro atoms. The van der Waals surface area contributed by atoms with Gasteiger partial charge in [0.2, 0.25) is 6.29 Å². The number of alkyl halides is 2. The van der Waals surface area contributed by atoms with Crippen molar-refractivity contribution in [3.05, 3.63) is 35.9 Å². The van der Waals surface area contributed by atoms with Gasteiger partial charge in [0.1, 0.15) is 0 Å². The lowest BCUT2D eigenvalue weighted by Gasteiger charge is -2.22. The quantitative estimate of drug-likeness (QED) is 0.758. The maximum Gasteiger partial charge on any atom is 0.322 e. The van der Waals surface area contributed by atoms with Crippen LogP contribution in [0.1, 0.15) is 12.5 Å². The van der Waals surface area contributed by atoms with Gasteiger partial charge in [0.05, 0.1) is 0 Å². The fourth-order valence-electron chi connectivity index (χ4n) is 1.07. The molecule has 2 nitrogen and oxygen atoms in total. The van der Waals surface area contributed by atoms with Crippen LogP contribution in [-0.2, 0) is 10.7 Å². The average molecular weight is 202 g/mol. The number of rotatable bonds is 4. The van der Waals surface area contributed by atoms with Crippen LogP contribution in [0.3, 0.4) is 0 Å². The Morgan fingerprint density at radius 2 is 1.93 bits per heavy atom. The normalized spacial score (nSPS) is 14.0. The van der Waals surface area contributed by atoms with Gasteiger partial charge in [-0.2, -0.15) is 8.78 Å². The fourth-order valence-corrected chi connectivity index (χ4v) is 1.07. The Balaban J connectivity index is 2.84. The molecule has 14 heavy (non-hydrogen) atoms. The first-order valence-corrected chi connectivity index (χ1v) is 4.32. The molecule has 0 aromatic heterocycles. The maximum absolute atomic E-state index is 13.4. The van der Waals surface area contributed by atoms with Crippen LogP contribution in [0.2, 0.25) is 0 Å². The Kier molecular flexibility index (Phi) is 3.55. The van der Waals surface area contributed by atoms with Gasteiger partial charge in [-0.15, -0.1) is 0 Å². The van der Waals surface area contributed by atoms with E-state index in [1.54, 1.807) is 13.0 Å². The van der Waals surface area contributed by atoms with Crippen LogP contribution in [0.5, 0.6) is 0 Å². The summed E-state index contributed by atoms with van der Waals surface area (Å²) in [6.07, 6.45) is -2.09. The number of ether oxygens (including phenoxy) is 1. The Bertz CT molecular complexity index is 275. The first kappa shape index (κ1) is 11.1. The largest absolute Gasteiger partial charge is 0.363 e. The Hall–Kier alpha value is -1.00. The maximum atomic E-state index is 13.4. The van der Waals surface area contributed by atoms with Crippen molar-refractivity contribution in [2.45, 2.75) is 19.1 Å². The molecule has 0 fully saturated rings. The highest BCUT2D eigenvalue weighted by Gasteiger charge is 2.41. The van der Waals surface area contributed by atoms with E-state index in [0.717, 1.165) is 0 Å². The second-order valence-corrected chi connectivity index (χ2v) is 2.80. The molecule has 0 amide bonds. The van der Waals surface area contributed by atoms with Gasteiger partial charge in [0, 0.05) is 12.2 Å². The van der Waals surface area contributed by atoms with Gasteiger partial charge < -0.3 is 9.84 Å². The van der Waals surface area contributed by atoms with Crippen LogP contribution in [0, 0.1) is 0 Å². The van der Waals surface area contributed by atoms with Crippen molar-refractivity contribution < 1.29 is 18.6 Å². The molecule has 0 aliphatic rings. The summed E-state index contributed by atoms with van der Waals surface area (Å²) >= 11 is 0. The van der Waals surface area contributed by atoms with Gasteiger partial charge in [-0.3, -0.25) is 0 Å². The standard InChI is InChI=1S/C10H12F2O2/c1-2-14-9(13)10(11,12)8-6-4-3-5-7-8/h3-7,9,13H,2H2,1H3. The summed E-state index contributed by atoms with van der Waals surface area (Å²) in [6.45, 7) is 1.59. The summed E-state index contributed by atoms with van der Waals surface area (Å²) < 4.78 is 31.2. The lowest BCUT2D eigenvalue weighted by molar-refractivity contribution is -0.238. The highest BCUT2D eigenvalue weighted by Crippen LogP contribution is 2.31. The molecule has 1 unspecified atom stereocenters. The third kappa shape index (κ3) is 2.27. The molecule has 0 aliphatic carbocycles. The number of hydrogen-bond donors (Lipinski definition) is 1. The molecule has 4 heteroatoms. The molecule has 0 bridgehead atoms. The van der Waals surface area contributed by atoms with E-state index in [1.807, 2.05) is 0 Å². The lowest BCUT2D eigenvalue weighted by atomic mass is 10.1. The molecule has 1 atom stereocenters. The minimum Gasteiger partial charge on any atom is -0.363 e. The fraction of sp³-hybridized carbons (Fsp3) is 0.400. The molecular weight excluding hydrogens is 190 g/mol. The van der Waals surface area contributed by atoms with Gasteiger partial charge in [0.15, 0.2) is 0 Å². The molecule has 1 rings (SSSR count). The van der Waals surface area contributed by atoms with Crippen LogP contribution in [0.25, 0.3) is 0 Å². The summed E-state index contributed by atoms with van der Waals surface area (Å²) in [6, 6.07) is 7.11. The van der Waals surface area contributed by atoms with E-state index in [-0.39, 0.29) is 12.2 Å². The number of aliphatic hydroxyl groups is 1. The van der Waals surface area contributed by atoms with E-state index in [1.165, 1.54) is 24.3 Å². The first-order valence-electron chi connectivity index (χ1n) is 4.32. The number of benzene rings is 1. The van der Waals surface area contributed by atoms with Crippen LogP contribution in [0.4, 0.5) is 8.78 Å². The number of halogens is 2. The van der Waals surface area contributed by atoms with Crippen molar-refractivity contribution in [2.24, 2.45) is 0 Å². The van der Waals surface area contributed by atoms with Gasteiger partial charge >= 0.3 is 5.92 Å². The summed E-state index contributed by atoms with van der Waals surface area (Å²) in [5, 5.41) is 9.06. The third-order valence-electron chi connectivity index (χ3n) is 1.79. The minimum absolute atomic E-state index is 0.0452. The Labute approximate surface area is 81.1 Å². The van der Waals surface area contributed by atoms with Crippen molar-refractivity contribution in [1.29, 1.82) is 0 Å². The summed E-state index contributed by atoms with van der Waals surface area (Å²) in [4.78, 5) is 0. The van der Waals surface area contributed by atoms with Gasteiger partial charge in [-0.25, -0.2) is 0 Å². The van der Waals surface area contributed by atoms with E-state index in [9.17, 15) is 8.78 Å². The summed E-state index contributed by atoms with van der Waals surface area (Å²) in [5.74, 6) is -3.36. The van der Waals surface area contributed by atoms with Gasteiger partial charge in [-0.1, -0.05) is 30.3 Å². The van der Waals surface area contributed by atoms with Crippen LogP contribution in [0.15, 0.2) is 30.3 Å². The van der Waals surface area contributed by atoms with E-state index < -0.39 is 12.2 Å². The van der Waals surface area contributed by atoms with Crippen molar-refractivity contribution in [1.82, 2.24) is 0 Å². The highest BCUT2D eigenvalue weighted by molar-refractivity contribution is 5.20. The second kappa shape index (κ2) is 4.48.